The lowest BCUT2D eigenvalue weighted by Crippen LogP contribution is -2.52. The first-order valence-electron chi connectivity index (χ1n) is 9.81. The highest BCUT2D eigenvalue weighted by molar-refractivity contribution is 6.22. The summed E-state index contributed by atoms with van der Waals surface area (Å²) in [6.07, 6.45) is 0.239. The fourth-order valence-corrected chi connectivity index (χ4v) is 3.98. The van der Waals surface area contributed by atoms with Crippen LogP contribution in [0, 0.1) is 0 Å². The van der Waals surface area contributed by atoms with Crippen molar-refractivity contribution >= 4 is 23.2 Å². The van der Waals surface area contributed by atoms with E-state index in [1.165, 1.54) is 10.6 Å². The zero-order valence-electron chi connectivity index (χ0n) is 16.1. The van der Waals surface area contributed by atoms with Crippen molar-refractivity contribution in [3.63, 3.8) is 0 Å². The molecule has 2 saturated heterocycles. The van der Waals surface area contributed by atoms with E-state index in [1.807, 2.05) is 37.3 Å². The first-order chi connectivity index (χ1) is 13.7. The Kier molecular flexibility index (Phi) is 5.30. The Morgan fingerprint density at radius 3 is 2.36 bits per heavy atom. The van der Waals surface area contributed by atoms with E-state index in [0.717, 1.165) is 26.2 Å². The van der Waals surface area contributed by atoms with Crippen LogP contribution in [0.5, 0.6) is 5.75 Å². The number of imide groups is 1. The fourth-order valence-electron chi connectivity index (χ4n) is 3.98. The lowest BCUT2D eigenvalue weighted by molar-refractivity contribution is -0.123. The Balaban J connectivity index is 1.44. The Hall–Kier alpha value is -2.86. The molecule has 0 N–H and O–H groups in total. The Morgan fingerprint density at radius 1 is 0.929 bits per heavy atom. The number of carbonyl (C=O) groups is 2. The lowest BCUT2D eigenvalue weighted by atomic mass is 10.1. The zero-order valence-corrected chi connectivity index (χ0v) is 16.1. The molecule has 0 radical (unpaired) electrons. The molecule has 1 atom stereocenters. The van der Waals surface area contributed by atoms with Crippen LogP contribution < -0.4 is 14.5 Å². The van der Waals surface area contributed by atoms with Crippen molar-refractivity contribution in [2.45, 2.75) is 19.4 Å². The minimum absolute atomic E-state index is 0.133. The molecule has 2 aliphatic heterocycles. The van der Waals surface area contributed by atoms with Crippen molar-refractivity contribution < 1.29 is 14.3 Å². The number of hydrogen-bond donors (Lipinski definition) is 0. The monoisotopic (exact) mass is 379 g/mol. The maximum Gasteiger partial charge on any atom is 0.251 e. The first kappa shape index (κ1) is 18.5. The first-order valence-corrected chi connectivity index (χ1v) is 9.81. The molecule has 0 aliphatic carbocycles. The van der Waals surface area contributed by atoms with E-state index in [2.05, 4.69) is 21.9 Å². The number of piperazine rings is 1. The van der Waals surface area contributed by atoms with Crippen LogP contribution in [0.4, 0.5) is 11.4 Å². The van der Waals surface area contributed by atoms with Crippen LogP contribution in [0.2, 0.25) is 0 Å². The van der Waals surface area contributed by atoms with Gasteiger partial charge in [-0.25, -0.2) is 4.90 Å². The summed E-state index contributed by atoms with van der Waals surface area (Å²) in [5.41, 5.74) is 1.79. The number of amides is 2. The summed E-state index contributed by atoms with van der Waals surface area (Å²) in [5, 5.41) is 0. The second-order valence-electron chi connectivity index (χ2n) is 7.08. The molecule has 0 spiro atoms. The van der Waals surface area contributed by atoms with E-state index in [-0.39, 0.29) is 24.3 Å². The number of benzene rings is 2. The predicted octanol–water partition coefficient (Wildman–Crippen LogP) is 2.54. The largest absolute Gasteiger partial charge is 0.494 e. The van der Waals surface area contributed by atoms with Gasteiger partial charge in [-0.15, -0.1) is 0 Å². The van der Waals surface area contributed by atoms with Crippen LogP contribution in [0.3, 0.4) is 0 Å². The summed E-state index contributed by atoms with van der Waals surface area (Å²) in [6.45, 7) is 5.68. The van der Waals surface area contributed by atoms with E-state index < -0.39 is 0 Å². The molecule has 2 aromatic carbocycles. The molecule has 2 fully saturated rings. The van der Waals surface area contributed by atoms with Gasteiger partial charge in [-0.3, -0.25) is 14.5 Å². The highest BCUT2D eigenvalue weighted by Gasteiger charge is 2.43. The predicted molar refractivity (Wildman–Crippen MR) is 109 cm³/mol. The molecular formula is C22H25N3O3. The summed E-state index contributed by atoms with van der Waals surface area (Å²) in [4.78, 5) is 31.4. The zero-order chi connectivity index (χ0) is 19.5. The summed E-state index contributed by atoms with van der Waals surface area (Å²) < 4.78 is 5.51. The SMILES string of the molecule is CCOc1cccc(N2C(=O)C[C@@H](N3CCN(c4ccccc4)CC3)C2=O)c1. The molecule has 0 aromatic heterocycles. The molecule has 6 nitrogen and oxygen atoms in total. The van der Waals surface area contributed by atoms with Crippen molar-refractivity contribution in [3.05, 3.63) is 54.6 Å². The normalized spacial score (nSPS) is 20.7. The number of hydrogen-bond acceptors (Lipinski definition) is 5. The Morgan fingerprint density at radius 2 is 1.64 bits per heavy atom. The number of nitrogens with zero attached hydrogens (tertiary/aromatic N) is 3. The van der Waals surface area contributed by atoms with Gasteiger partial charge in [0.15, 0.2) is 0 Å². The van der Waals surface area contributed by atoms with Gasteiger partial charge in [-0.2, -0.15) is 0 Å². The molecule has 0 bridgehead atoms. The molecule has 28 heavy (non-hydrogen) atoms. The molecule has 6 heteroatoms. The molecular weight excluding hydrogens is 354 g/mol. The molecule has 146 valence electrons. The molecule has 2 aliphatic rings. The van der Waals surface area contributed by atoms with Gasteiger partial charge in [-0.05, 0) is 31.2 Å². The highest BCUT2D eigenvalue weighted by Crippen LogP contribution is 2.29. The molecule has 0 saturated carbocycles. The quantitative estimate of drug-likeness (QED) is 0.748. The van der Waals surface area contributed by atoms with Crippen LogP contribution in [-0.2, 0) is 9.59 Å². The van der Waals surface area contributed by atoms with E-state index in [1.54, 1.807) is 12.1 Å². The molecule has 2 heterocycles. The van der Waals surface area contributed by atoms with Crippen LogP contribution in [0.15, 0.2) is 54.6 Å². The fraction of sp³-hybridized carbons (Fsp3) is 0.364. The third kappa shape index (κ3) is 3.60. The smallest absolute Gasteiger partial charge is 0.251 e. The maximum atomic E-state index is 13.0. The minimum Gasteiger partial charge on any atom is -0.494 e. The third-order valence-corrected chi connectivity index (χ3v) is 5.39. The van der Waals surface area contributed by atoms with E-state index in [4.69, 9.17) is 4.74 Å². The van der Waals surface area contributed by atoms with E-state index in [0.29, 0.717) is 18.0 Å². The van der Waals surface area contributed by atoms with Gasteiger partial charge in [0.2, 0.25) is 5.91 Å². The number of carbonyl (C=O) groups excluding carboxylic acids is 2. The van der Waals surface area contributed by atoms with Crippen LogP contribution in [0.1, 0.15) is 13.3 Å². The number of para-hydroxylation sites is 1. The van der Waals surface area contributed by atoms with Gasteiger partial charge in [0.25, 0.3) is 5.91 Å². The molecule has 2 amide bonds. The van der Waals surface area contributed by atoms with Crippen molar-refractivity contribution in [3.8, 4) is 5.75 Å². The van der Waals surface area contributed by atoms with Crippen molar-refractivity contribution in [2.75, 3.05) is 42.6 Å². The number of rotatable bonds is 5. The highest BCUT2D eigenvalue weighted by atomic mass is 16.5. The van der Waals surface area contributed by atoms with Crippen LogP contribution in [-0.4, -0.2) is 55.5 Å². The maximum absolute atomic E-state index is 13.0. The molecule has 4 rings (SSSR count). The number of anilines is 2. The number of ether oxygens (including phenoxy) is 1. The second kappa shape index (κ2) is 8.02. The van der Waals surface area contributed by atoms with Gasteiger partial charge in [0, 0.05) is 37.9 Å². The standard InChI is InChI=1S/C22H25N3O3/c1-2-28-19-10-6-9-18(15-19)25-21(26)16-20(22(25)27)24-13-11-23(12-14-24)17-7-4-3-5-8-17/h3-10,15,20H,2,11-14,16H2,1H3/t20-/m1/s1. The minimum atomic E-state index is -0.374. The summed E-state index contributed by atoms with van der Waals surface area (Å²) >= 11 is 0. The third-order valence-electron chi connectivity index (χ3n) is 5.39. The summed E-state index contributed by atoms with van der Waals surface area (Å²) in [5.74, 6) is 0.390. The average molecular weight is 379 g/mol. The van der Waals surface area contributed by atoms with Gasteiger partial charge < -0.3 is 9.64 Å². The van der Waals surface area contributed by atoms with Gasteiger partial charge >= 0.3 is 0 Å². The summed E-state index contributed by atoms with van der Waals surface area (Å²) in [7, 11) is 0. The van der Waals surface area contributed by atoms with Crippen molar-refractivity contribution in [1.82, 2.24) is 4.90 Å². The Bertz CT molecular complexity index is 847. The van der Waals surface area contributed by atoms with Crippen molar-refractivity contribution in [2.24, 2.45) is 0 Å². The molecule has 2 aromatic rings. The summed E-state index contributed by atoms with van der Waals surface area (Å²) in [6, 6.07) is 17.1. The molecule has 0 unspecified atom stereocenters. The topological polar surface area (TPSA) is 53.1 Å². The van der Waals surface area contributed by atoms with E-state index >= 15 is 0 Å². The van der Waals surface area contributed by atoms with Crippen LogP contribution >= 0.6 is 0 Å². The van der Waals surface area contributed by atoms with Gasteiger partial charge in [-0.1, -0.05) is 24.3 Å². The second-order valence-corrected chi connectivity index (χ2v) is 7.08. The van der Waals surface area contributed by atoms with Gasteiger partial charge in [0.05, 0.1) is 24.8 Å². The van der Waals surface area contributed by atoms with E-state index in [9.17, 15) is 9.59 Å². The van der Waals surface area contributed by atoms with Crippen molar-refractivity contribution in [1.29, 1.82) is 0 Å². The lowest BCUT2D eigenvalue weighted by Gasteiger charge is -2.38. The Labute approximate surface area is 165 Å². The van der Waals surface area contributed by atoms with Crippen LogP contribution in [0.25, 0.3) is 0 Å². The van der Waals surface area contributed by atoms with Gasteiger partial charge in [0.1, 0.15) is 5.75 Å². The average Bonchev–Trinajstić information content (AvgIpc) is 3.03.